The number of hydrogen-bond acceptors (Lipinski definition) is 4. The normalized spacial score (nSPS) is 11.1. The van der Waals surface area contributed by atoms with Gasteiger partial charge in [0.05, 0.1) is 6.61 Å². The Morgan fingerprint density at radius 1 is 0.850 bits per heavy atom. The van der Waals surface area contributed by atoms with Gasteiger partial charge in [-0.1, -0.05) is 57.4 Å². The summed E-state index contributed by atoms with van der Waals surface area (Å²) in [4.78, 5) is 0. The Balaban J connectivity index is 0. The van der Waals surface area contributed by atoms with E-state index in [1.165, 1.54) is 44.9 Å². The van der Waals surface area contributed by atoms with E-state index in [9.17, 15) is 13.0 Å². The van der Waals surface area contributed by atoms with E-state index in [1.807, 2.05) is 6.08 Å². The predicted molar refractivity (Wildman–Crippen MR) is 76.6 cm³/mol. The molecule has 114 valence electrons. The zero-order valence-electron chi connectivity index (χ0n) is 12.8. The molecule has 0 atom stereocenters. The molecule has 0 spiro atoms. The molecule has 0 aromatic carbocycles. The topological polar surface area (TPSA) is 66.4 Å². The van der Waals surface area contributed by atoms with Crippen LogP contribution in [0.5, 0.6) is 0 Å². The van der Waals surface area contributed by atoms with Crippen molar-refractivity contribution in [1.29, 1.82) is 0 Å². The van der Waals surface area contributed by atoms with Crippen LogP contribution in [0.25, 0.3) is 0 Å². The summed E-state index contributed by atoms with van der Waals surface area (Å²) in [5.41, 5.74) is 0. The van der Waals surface area contributed by atoms with Crippen LogP contribution in [0.4, 0.5) is 0 Å². The summed E-state index contributed by atoms with van der Waals surface area (Å²) in [6.45, 7) is 3.73. The van der Waals surface area contributed by atoms with Gasteiger partial charge in [-0.15, -0.1) is 6.58 Å². The third-order valence-electron chi connectivity index (χ3n) is 3.03. The summed E-state index contributed by atoms with van der Waals surface area (Å²) in [6, 6.07) is 0. The maximum atomic E-state index is 10.1. The maximum Gasteiger partial charge on any atom is 1.00 e. The quantitative estimate of drug-likeness (QED) is 0.157. The Morgan fingerprint density at radius 3 is 1.65 bits per heavy atom. The van der Waals surface area contributed by atoms with Crippen LogP contribution in [0.2, 0.25) is 0 Å². The third kappa shape index (κ3) is 20.9. The van der Waals surface area contributed by atoms with Gasteiger partial charge in [-0.25, -0.2) is 8.42 Å². The molecule has 20 heavy (non-hydrogen) atoms. The average Bonchev–Trinajstić information content (AvgIpc) is 2.34. The van der Waals surface area contributed by atoms with Crippen molar-refractivity contribution in [3.05, 3.63) is 12.7 Å². The summed E-state index contributed by atoms with van der Waals surface area (Å²) >= 11 is 0. The molecule has 0 aliphatic rings. The van der Waals surface area contributed by atoms with Gasteiger partial charge in [0.15, 0.2) is 0 Å². The Hall–Kier alpha value is 0.610. The van der Waals surface area contributed by atoms with Crippen molar-refractivity contribution in [1.82, 2.24) is 0 Å². The SMILES string of the molecule is C=CCCCCCCCCCCCCOS(=O)(=O)[O-].[Na+]. The Morgan fingerprint density at radius 2 is 1.25 bits per heavy atom. The van der Waals surface area contributed by atoms with Gasteiger partial charge in [-0.3, -0.25) is 4.18 Å². The van der Waals surface area contributed by atoms with Crippen LogP contribution in [0.3, 0.4) is 0 Å². The van der Waals surface area contributed by atoms with Gasteiger partial charge < -0.3 is 4.55 Å². The molecule has 0 fully saturated rings. The molecule has 0 bridgehead atoms. The number of unbranched alkanes of at least 4 members (excludes halogenated alkanes) is 10. The standard InChI is InChI=1S/C14H28O4S.Na/c1-2-3-4-5-6-7-8-9-10-11-12-13-14-18-19(15,16)17;/h2H,1,3-14H2,(H,15,16,17);/q;+1/p-1. The van der Waals surface area contributed by atoms with Crippen molar-refractivity contribution in [2.45, 2.75) is 70.6 Å². The third-order valence-corrected chi connectivity index (χ3v) is 3.49. The van der Waals surface area contributed by atoms with E-state index in [-0.39, 0.29) is 36.2 Å². The van der Waals surface area contributed by atoms with Crippen molar-refractivity contribution >= 4 is 10.4 Å². The van der Waals surface area contributed by atoms with Crippen molar-refractivity contribution < 1.29 is 46.7 Å². The van der Waals surface area contributed by atoms with Crippen molar-refractivity contribution in [3.8, 4) is 0 Å². The molecular formula is C14H27NaO4S. The van der Waals surface area contributed by atoms with Crippen LogP contribution >= 0.6 is 0 Å². The monoisotopic (exact) mass is 314 g/mol. The molecule has 0 rings (SSSR count). The van der Waals surface area contributed by atoms with E-state index in [1.54, 1.807) is 0 Å². The summed E-state index contributed by atoms with van der Waals surface area (Å²) in [5.74, 6) is 0. The van der Waals surface area contributed by atoms with E-state index in [2.05, 4.69) is 10.8 Å². The van der Waals surface area contributed by atoms with E-state index in [0.717, 1.165) is 19.3 Å². The second kappa shape index (κ2) is 16.0. The molecule has 4 nitrogen and oxygen atoms in total. The van der Waals surface area contributed by atoms with E-state index >= 15 is 0 Å². The molecule has 0 aliphatic heterocycles. The molecule has 0 heterocycles. The Bertz CT molecular complexity index is 304. The Kier molecular flexibility index (Phi) is 18.3. The van der Waals surface area contributed by atoms with E-state index in [0.29, 0.717) is 6.42 Å². The van der Waals surface area contributed by atoms with Crippen LogP contribution in [-0.2, 0) is 14.6 Å². The van der Waals surface area contributed by atoms with Crippen molar-refractivity contribution in [2.75, 3.05) is 6.61 Å². The zero-order chi connectivity index (χ0) is 14.4. The smallest absolute Gasteiger partial charge is 0.726 e. The minimum absolute atomic E-state index is 0. The van der Waals surface area contributed by atoms with Gasteiger partial charge in [0.1, 0.15) is 0 Å². The summed E-state index contributed by atoms with van der Waals surface area (Å²) in [5, 5.41) is 0. The maximum absolute atomic E-state index is 10.1. The van der Waals surface area contributed by atoms with Crippen LogP contribution in [0.15, 0.2) is 12.7 Å². The predicted octanol–water partition coefficient (Wildman–Crippen LogP) is 0.944. The fraction of sp³-hybridized carbons (Fsp3) is 0.857. The van der Waals surface area contributed by atoms with E-state index < -0.39 is 10.4 Å². The van der Waals surface area contributed by atoms with Gasteiger partial charge in [-0.2, -0.15) is 0 Å². The van der Waals surface area contributed by atoms with Gasteiger partial charge in [0, 0.05) is 0 Å². The van der Waals surface area contributed by atoms with Gasteiger partial charge in [0.2, 0.25) is 10.4 Å². The summed E-state index contributed by atoms with van der Waals surface area (Å²) in [7, 11) is -4.49. The van der Waals surface area contributed by atoms with E-state index in [4.69, 9.17) is 0 Å². The fourth-order valence-corrected chi connectivity index (χ4v) is 2.29. The molecule has 0 N–H and O–H groups in total. The molecule has 6 heteroatoms. The van der Waals surface area contributed by atoms with Crippen molar-refractivity contribution in [3.63, 3.8) is 0 Å². The summed E-state index contributed by atoms with van der Waals surface area (Å²) in [6.07, 6.45) is 14.6. The number of hydrogen-bond donors (Lipinski definition) is 0. The fourth-order valence-electron chi connectivity index (χ4n) is 1.97. The molecule has 0 amide bonds. The van der Waals surface area contributed by atoms with Gasteiger partial charge in [-0.05, 0) is 19.3 Å². The minimum Gasteiger partial charge on any atom is -0.726 e. The molecule has 0 aliphatic carbocycles. The van der Waals surface area contributed by atoms with Crippen LogP contribution < -0.4 is 29.6 Å². The first kappa shape index (κ1) is 22.9. The van der Waals surface area contributed by atoms with Crippen LogP contribution in [0, 0.1) is 0 Å². The average molecular weight is 314 g/mol. The van der Waals surface area contributed by atoms with Gasteiger partial charge >= 0.3 is 29.6 Å². The first-order chi connectivity index (χ1) is 9.06. The molecule has 0 unspecified atom stereocenters. The molecule has 0 radical (unpaired) electrons. The summed E-state index contributed by atoms with van der Waals surface area (Å²) < 4.78 is 34.6. The van der Waals surface area contributed by atoms with Crippen LogP contribution in [0.1, 0.15) is 70.6 Å². The first-order valence-corrected chi connectivity index (χ1v) is 8.61. The molecule has 0 saturated heterocycles. The minimum atomic E-state index is -4.49. The number of allylic oxidation sites excluding steroid dienone is 1. The van der Waals surface area contributed by atoms with Crippen molar-refractivity contribution in [2.24, 2.45) is 0 Å². The second-order valence-electron chi connectivity index (χ2n) is 4.84. The molecular weight excluding hydrogens is 287 g/mol. The van der Waals surface area contributed by atoms with Gasteiger partial charge in [0.25, 0.3) is 0 Å². The zero-order valence-corrected chi connectivity index (χ0v) is 15.6. The largest absolute Gasteiger partial charge is 1.00 e. The number of rotatable bonds is 14. The van der Waals surface area contributed by atoms with Crippen LogP contribution in [-0.4, -0.2) is 19.6 Å². The molecule has 0 aromatic heterocycles. The Labute approximate surface area is 146 Å². The molecule has 0 saturated carbocycles. The second-order valence-corrected chi connectivity index (χ2v) is 5.90. The first-order valence-electron chi connectivity index (χ1n) is 7.27. The molecule has 0 aromatic rings.